The molecule has 0 atom stereocenters. The molecule has 0 aliphatic carbocycles. The minimum atomic E-state index is -0.434. The van der Waals surface area contributed by atoms with Crippen LogP contribution in [0, 0.1) is 0 Å². The molecule has 1 aromatic heterocycles. The number of hydrogen-bond acceptors (Lipinski definition) is 8. The molecular weight excluding hydrogens is 460 g/mol. The number of aryl methyl sites for hydroxylation is 2. The summed E-state index contributed by atoms with van der Waals surface area (Å²) in [6.07, 6.45) is 3.48. The van der Waals surface area contributed by atoms with Crippen LogP contribution in [0.3, 0.4) is 0 Å². The Morgan fingerprint density at radius 3 is 2.44 bits per heavy atom. The molecule has 0 spiro atoms. The predicted molar refractivity (Wildman–Crippen MR) is 137 cm³/mol. The second-order valence-corrected chi connectivity index (χ2v) is 8.35. The van der Waals surface area contributed by atoms with E-state index in [1.54, 1.807) is 20.4 Å². The average Bonchev–Trinajstić information content (AvgIpc) is 2.88. The van der Waals surface area contributed by atoms with E-state index in [1.807, 2.05) is 19.1 Å². The summed E-state index contributed by atoms with van der Waals surface area (Å²) >= 11 is 0. The van der Waals surface area contributed by atoms with Crippen molar-refractivity contribution in [3.63, 3.8) is 0 Å². The number of H-pyrrole nitrogens is 1. The molecule has 3 aliphatic heterocycles. The Kier molecular flexibility index (Phi) is 6.05. The van der Waals surface area contributed by atoms with Crippen LogP contribution in [0.1, 0.15) is 30.5 Å². The van der Waals surface area contributed by atoms with Gasteiger partial charge in [0.2, 0.25) is 0 Å². The van der Waals surface area contributed by atoms with Gasteiger partial charge in [0.25, 0.3) is 0 Å². The van der Waals surface area contributed by atoms with Crippen LogP contribution in [0.2, 0.25) is 0 Å². The van der Waals surface area contributed by atoms with Crippen LogP contribution < -0.4 is 20.5 Å². The molecule has 184 valence electrons. The lowest BCUT2D eigenvalue weighted by Gasteiger charge is -2.15. The first-order valence-corrected chi connectivity index (χ1v) is 11.6. The summed E-state index contributed by atoms with van der Waals surface area (Å²) in [5, 5.41) is 17.0. The number of methoxy groups -OCH3 is 2. The highest BCUT2D eigenvalue weighted by Crippen LogP contribution is 2.40. The third-order valence-electron chi connectivity index (χ3n) is 6.24. The van der Waals surface area contributed by atoms with Crippen LogP contribution in [-0.2, 0) is 19.4 Å². The summed E-state index contributed by atoms with van der Waals surface area (Å²) in [4.78, 5) is 11.5. The van der Waals surface area contributed by atoms with Gasteiger partial charge in [-0.05, 0) is 41.7 Å². The molecule has 9 heteroatoms. The molecule has 36 heavy (non-hydrogen) atoms. The zero-order chi connectivity index (χ0) is 25.4. The van der Waals surface area contributed by atoms with Gasteiger partial charge in [0.15, 0.2) is 22.7 Å². The molecule has 2 aromatic carbocycles. The van der Waals surface area contributed by atoms with Gasteiger partial charge in [0.05, 0.1) is 49.7 Å². The maximum atomic E-state index is 11.5. The van der Waals surface area contributed by atoms with E-state index in [4.69, 9.17) is 18.3 Å². The van der Waals surface area contributed by atoms with Gasteiger partial charge in [0, 0.05) is 11.5 Å². The van der Waals surface area contributed by atoms with Crippen LogP contribution in [0.5, 0.6) is 11.5 Å². The molecule has 0 saturated carbocycles. The van der Waals surface area contributed by atoms with Crippen molar-refractivity contribution in [3.05, 3.63) is 63.0 Å². The minimum Gasteiger partial charge on any atom is -0.493 e. The lowest BCUT2D eigenvalue weighted by molar-refractivity contribution is 0.402. The first-order chi connectivity index (χ1) is 17.5. The monoisotopic (exact) mass is 486 g/mol. The molecule has 9 nitrogen and oxygen atoms in total. The van der Waals surface area contributed by atoms with Crippen molar-refractivity contribution in [2.45, 2.75) is 33.2 Å². The van der Waals surface area contributed by atoms with Gasteiger partial charge >= 0.3 is 5.63 Å². The minimum absolute atomic E-state index is 0.434. The van der Waals surface area contributed by atoms with Crippen molar-refractivity contribution in [1.29, 1.82) is 0 Å². The largest absolute Gasteiger partial charge is 0.493 e. The van der Waals surface area contributed by atoms with Crippen LogP contribution in [0.15, 0.2) is 54.3 Å². The molecule has 1 N–H and O–H groups in total. The lowest BCUT2D eigenvalue weighted by atomic mass is 10.00. The van der Waals surface area contributed by atoms with E-state index in [0.29, 0.717) is 29.0 Å². The highest BCUT2D eigenvalue weighted by Gasteiger charge is 2.21. The Bertz CT molecular complexity index is 1710. The van der Waals surface area contributed by atoms with Crippen LogP contribution >= 0.6 is 0 Å². The molecule has 0 unspecified atom stereocenters. The smallest absolute Gasteiger partial charge is 0.338 e. The van der Waals surface area contributed by atoms with Gasteiger partial charge in [-0.1, -0.05) is 20.4 Å². The Hall–Kier alpha value is -4.40. The number of hydrogen-bond donors (Lipinski definition) is 1. The molecule has 3 aromatic rings. The van der Waals surface area contributed by atoms with Gasteiger partial charge in [-0.2, -0.15) is 15.3 Å². The maximum Gasteiger partial charge on any atom is 0.338 e. The van der Waals surface area contributed by atoms with Crippen LogP contribution in [0.25, 0.3) is 39.8 Å². The first-order valence-electron chi connectivity index (χ1n) is 11.6. The number of aromatic amines is 1. The van der Waals surface area contributed by atoms with Gasteiger partial charge < -0.3 is 18.3 Å². The summed E-state index contributed by atoms with van der Waals surface area (Å²) < 4.78 is 21.9. The molecule has 0 saturated heterocycles. The van der Waals surface area contributed by atoms with Crippen molar-refractivity contribution >= 4 is 34.2 Å². The zero-order valence-corrected chi connectivity index (χ0v) is 20.6. The number of benzene rings is 2. The molecular formula is C27H26N4O5. The van der Waals surface area contributed by atoms with Crippen molar-refractivity contribution < 1.29 is 18.3 Å². The predicted octanol–water partition coefficient (Wildman–Crippen LogP) is 5.48. The molecule has 0 fully saturated rings. The van der Waals surface area contributed by atoms with Crippen LogP contribution in [-0.4, -0.2) is 24.4 Å². The van der Waals surface area contributed by atoms with Gasteiger partial charge in [-0.15, -0.1) is 0 Å². The number of nitrogens with one attached hydrogen (secondary N) is 1. The Labute approximate surface area is 206 Å². The van der Waals surface area contributed by atoms with Crippen molar-refractivity contribution in [3.8, 4) is 22.8 Å². The standard InChI is InChI=1S/C14H14N2O2.C13H12N2O3/c1-4-9-6-10-7-15-16-11-5-8(2)18-14(12(10)11)13(9)17-3;1-3-7-4-8-6-14-15-9-5-10(16)18-13(11(8)9)12(7)17-2/h5-7,16H,2,4H2,1,3H3;4-5H,3,6H2,1-2H3. The fourth-order valence-corrected chi connectivity index (χ4v) is 4.66. The van der Waals surface area contributed by atoms with Crippen LogP contribution in [0.4, 0.5) is 5.69 Å². The van der Waals surface area contributed by atoms with E-state index in [9.17, 15) is 4.79 Å². The number of aromatic nitrogens is 2. The summed E-state index contributed by atoms with van der Waals surface area (Å²) in [6, 6.07) is 7.34. The van der Waals surface area contributed by atoms with Crippen molar-refractivity contribution in [2.24, 2.45) is 10.2 Å². The number of ether oxygens (including phenoxy) is 2. The second kappa shape index (κ2) is 9.33. The summed E-state index contributed by atoms with van der Waals surface area (Å²) in [5.41, 5.74) is 6.95. The van der Waals surface area contributed by atoms with E-state index < -0.39 is 5.63 Å². The SMILES string of the molecule is C=c1cc2[nH]ncc3cc(CC)c(OC)c(o1)c3-2.CCc1cc2c3c(cc(=O)oc3c1OC)N=NC2. The topological polar surface area (TPSA) is 115 Å². The highest BCUT2D eigenvalue weighted by atomic mass is 16.5. The van der Waals surface area contributed by atoms with E-state index in [0.717, 1.165) is 62.9 Å². The molecule has 3 aliphatic rings. The number of rotatable bonds is 4. The van der Waals surface area contributed by atoms with E-state index >= 15 is 0 Å². The third-order valence-corrected chi connectivity index (χ3v) is 6.24. The normalized spacial score (nSPS) is 12.1. The molecule has 6 rings (SSSR count). The van der Waals surface area contributed by atoms with Gasteiger partial charge in [0.1, 0.15) is 11.1 Å². The maximum absolute atomic E-state index is 11.5. The molecule has 0 radical (unpaired) electrons. The van der Waals surface area contributed by atoms with Crippen molar-refractivity contribution in [1.82, 2.24) is 10.2 Å². The zero-order valence-electron chi connectivity index (χ0n) is 20.6. The molecule has 4 heterocycles. The Morgan fingerprint density at radius 2 is 1.72 bits per heavy atom. The van der Waals surface area contributed by atoms with Crippen molar-refractivity contribution in [2.75, 3.05) is 14.2 Å². The third kappa shape index (κ3) is 3.82. The Balaban J connectivity index is 0.000000148. The quantitative estimate of drug-likeness (QED) is 0.336. The summed E-state index contributed by atoms with van der Waals surface area (Å²) in [6.45, 7) is 8.48. The summed E-state index contributed by atoms with van der Waals surface area (Å²) in [5.74, 6) is 1.40. The second-order valence-electron chi connectivity index (χ2n) is 8.35. The van der Waals surface area contributed by atoms with E-state index in [2.05, 4.69) is 40.0 Å². The Morgan fingerprint density at radius 1 is 1.00 bits per heavy atom. The van der Waals surface area contributed by atoms with E-state index in [-0.39, 0.29) is 0 Å². The summed E-state index contributed by atoms with van der Waals surface area (Å²) in [7, 11) is 3.24. The molecule has 0 amide bonds. The van der Waals surface area contributed by atoms with E-state index in [1.165, 1.54) is 6.07 Å². The number of nitrogens with zero attached hydrogens (tertiary/aromatic N) is 3. The van der Waals surface area contributed by atoms with Gasteiger partial charge in [-0.3, -0.25) is 5.10 Å². The average molecular weight is 487 g/mol. The number of azo groups is 1. The molecule has 0 bridgehead atoms. The first kappa shape index (κ1) is 23.3. The van der Waals surface area contributed by atoms with Gasteiger partial charge in [-0.25, -0.2) is 4.79 Å². The fourth-order valence-electron chi connectivity index (χ4n) is 4.66. The lowest BCUT2D eigenvalue weighted by Crippen LogP contribution is -2.05. The highest BCUT2D eigenvalue weighted by molar-refractivity contribution is 5.97. The fraction of sp³-hybridized carbons (Fsp3) is 0.259.